The van der Waals surface area contributed by atoms with E-state index in [9.17, 15) is 32.9 Å². The summed E-state index contributed by atoms with van der Waals surface area (Å²) >= 11 is 0. The maximum Gasteiger partial charge on any atom is 0.269 e. The molecule has 0 radical (unpaired) electrons. The number of imide groups is 1. The lowest BCUT2D eigenvalue weighted by molar-refractivity contribution is -0.384. The van der Waals surface area contributed by atoms with E-state index in [0.29, 0.717) is 12.1 Å². The molecule has 8 N–H and O–H groups in total. The fourth-order valence-corrected chi connectivity index (χ4v) is 3.87. The minimum absolute atomic E-state index is 0.00869. The number of nitrogens with zero attached hydrogens (tertiary/aromatic N) is 2. The highest BCUT2D eigenvalue weighted by Gasteiger charge is 2.25. The van der Waals surface area contributed by atoms with Crippen LogP contribution in [-0.4, -0.2) is 68.5 Å². The molecule has 1 aromatic rings. The summed E-state index contributed by atoms with van der Waals surface area (Å²) in [5.41, 5.74) is 10.9. The van der Waals surface area contributed by atoms with E-state index in [-0.39, 0.29) is 37.0 Å². The number of rotatable bonds is 15. The lowest BCUT2D eigenvalue weighted by atomic mass is 10.0. The Morgan fingerprint density at radius 2 is 1.70 bits per heavy atom. The van der Waals surface area contributed by atoms with Crippen LogP contribution in [-0.2, 0) is 24.4 Å². The molecule has 0 aliphatic carbocycles. The Hall–Kier alpha value is -3.79. The zero-order chi connectivity index (χ0) is 28.2. The first-order valence-corrected chi connectivity index (χ1v) is 13.2. The first-order valence-electron chi connectivity index (χ1n) is 11.3. The highest BCUT2D eigenvalue weighted by atomic mass is 32.2. The van der Waals surface area contributed by atoms with Gasteiger partial charge in [0, 0.05) is 24.4 Å². The fraction of sp³-hybridized carbons (Fsp3) is 0.524. The number of hydrogen-bond donors (Lipinski definition) is 6. The van der Waals surface area contributed by atoms with E-state index in [1.807, 2.05) is 0 Å². The maximum absolute atomic E-state index is 12.8. The van der Waals surface area contributed by atoms with E-state index >= 15 is 0 Å². The molecule has 0 unspecified atom stereocenters. The fourth-order valence-electron chi connectivity index (χ4n) is 3.15. The number of nitrogens with two attached hydrogens (primary N) is 2. The van der Waals surface area contributed by atoms with Crippen LogP contribution in [0.15, 0.2) is 29.3 Å². The molecule has 0 bridgehead atoms. The Morgan fingerprint density at radius 3 is 2.22 bits per heavy atom. The van der Waals surface area contributed by atoms with Gasteiger partial charge in [-0.3, -0.25) is 34.8 Å². The second-order valence-electron chi connectivity index (χ2n) is 8.65. The first-order chi connectivity index (χ1) is 17.2. The van der Waals surface area contributed by atoms with Gasteiger partial charge in [0.05, 0.1) is 17.7 Å². The van der Waals surface area contributed by atoms with Gasteiger partial charge in [-0.15, -0.1) is 0 Å². The van der Waals surface area contributed by atoms with E-state index < -0.39 is 51.3 Å². The molecule has 0 fully saturated rings. The molecule has 0 aliphatic rings. The predicted octanol–water partition coefficient (Wildman–Crippen LogP) is -0.848. The lowest BCUT2D eigenvalue weighted by Crippen LogP contribution is -2.51. The van der Waals surface area contributed by atoms with Gasteiger partial charge >= 0.3 is 0 Å². The zero-order valence-electron chi connectivity index (χ0n) is 20.9. The van der Waals surface area contributed by atoms with Crippen molar-refractivity contribution in [2.75, 3.05) is 24.7 Å². The van der Waals surface area contributed by atoms with Crippen LogP contribution in [0.2, 0.25) is 0 Å². The van der Waals surface area contributed by atoms with Gasteiger partial charge in [0.25, 0.3) is 5.69 Å². The number of anilines is 1. The smallest absolute Gasteiger partial charge is 0.269 e. The van der Waals surface area contributed by atoms with E-state index in [4.69, 9.17) is 11.5 Å². The van der Waals surface area contributed by atoms with Crippen molar-refractivity contribution < 1.29 is 27.7 Å². The van der Waals surface area contributed by atoms with Gasteiger partial charge in [0.2, 0.25) is 27.7 Å². The van der Waals surface area contributed by atoms with Crippen molar-refractivity contribution in [2.24, 2.45) is 22.4 Å². The number of non-ortho nitro benzene ring substituents is 1. The molecule has 1 aromatic carbocycles. The third kappa shape index (κ3) is 13.2. The number of nitrogens with one attached hydrogen (secondary N) is 4. The van der Waals surface area contributed by atoms with Crippen LogP contribution in [0.1, 0.15) is 33.1 Å². The highest BCUT2D eigenvalue weighted by Crippen LogP contribution is 2.17. The molecule has 0 saturated heterocycles. The van der Waals surface area contributed by atoms with Crippen molar-refractivity contribution in [2.45, 2.75) is 45.2 Å². The van der Waals surface area contributed by atoms with Crippen molar-refractivity contribution in [1.82, 2.24) is 15.4 Å². The molecule has 37 heavy (non-hydrogen) atoms. The number of nitro groups is 1. The van der Waals surface area contributed by atoms with E-state index in [1.54, 1.807) is 13.8 Å². The van der Waals surface area contributed by atoms with Gasteiger partial charge in [-0.25, -0.2) is 13.1 Å². The average molecular weight is 543 g/mol. The molecule has 15 nitrogen and oxygen atoms in total. The van der Waals surface area contributed by atoms with Crippen LogP contribution < -0.4 is 32.1 Å². The molecular formula is C21H34N8O7S. The van der Waals surface area contributed by atoms with Gasteiger partial charge in [-0.1, -0.05) is 13.8 Å². The van der Waals surface area contributed by atoms with Crippen molar-refractivity contribution in [3.63, 3.8) is 0 Å². The summed E-state index contributed by atoms with van der Waals surface area (Å²) in [4.78, 5) is 51.7. The van der Waals surface area contributed by atoms with Gasteiger partial charge in [-0.05, 0) is 37.3 Å². The van der Waals surface area contributed by atoms with Crippen molar-refractivity contribution in [3.8, 4) is 0 Å². The van der Waals surface area contributed by atoms with Crippen molar-refractivity contribution >= 4 is 45.1 Å². The summed E-state index contributed by atoms with van der Waals surface area (Å²) in [6.07, 6.45) is 1.70. The predicted molar refractivity (Wildman–Crippen MR) is 138 cm³/mol. The van der Waals surface area contributed by atoms with Crippen LogP contribution in [0.3, 0.4) is 0 Å². The number of sulfonamides is 1. The number of aliphatic imine (C=N–C) groups is 1. The maximum atomic E-state index is 12.8. The number of carbonyl (C=O) groups is 3. The number of nitro benzene ring substituents is 1. The highest BCUT2D eigenvalue weighted by molar-refractivity contribution is 7.88. The summed E-state index contributed by atoms with van der Waals surface area (Å²) < 4.78 is 25.3. The Balaban J connectivity index is 2.82. The topological polar surface area (TPSA) is 241 Å². The van der Waals surface area contributed by atoms with Crippen LogP contribution in [0.5, 0.6) is 0 Å². The van der Waals surface area contributed by atoms with E-state index in [1.165, 1.54) is 24.3 Å². The largest absolute Gasteiger partial charge is 0.374 e. The molecule has 0 aromatic heterocycles. The van der Waals surface area contributed by atoms with Gasteiger partial charge in [-0.2, -0.15) is 0 Å². The Morgan fingerprint density at radius 1 is 1.08 bits per heavy atom. The summed E-state index contributed by atoms with van der Waals surface area (Å²) in [7, 11) is -3.67. The molecule has 0 spiro atoms. The molecule has 206 valence electrons. The molecular weight excluding hydrogens is 508 g/mol. The standard InChI is InChI=1S/C21H34N8O7S/c1-13(2)11-17(28-37(3,35)36)19(31)25-12-18(30)27-20(32)16(5-4-10-24-21(22)23)26-14-6-8-15(9-7-14)29(33)34/h6-9,13,16-17,26,28H,4-5,10-12H2,1-3H3,(H,25,31)(H4,22,23,24)(H,27,30,32)/t16-,17+/m0/s1. The van der Waals surface area contributed by atoms with Crippen molar-refractivity contribution in [3.05, 3.63) is 34.4 Å². The monoisotopic (exact) mass is 542 g/mol. The summed E-state index contributed by atoms with van der Waals surface area (Å²) in [6, 6.07) is 3.34. The SMILES string of the molecule is CC(C)C[C@@H](NS(C)(=O)=O)C(=O)NCC(=O)NC(=O)[C@H](CCCN=C(N)N)Nc1ccc([N+](=O)[O-])cc1. The molecule has 0 heterocycles. The normalized spacial score (nSPS) is 12.8. The number of amides is 3. The van der Waals surface area contributed by atoms with Crippen LogP contribution in [0.25, 0.3) is 0 Å². The van der Waals surface area contributed by atoms with Crippen LogP contribution >= 0.6 is 0 Å². The average Bonchev–Trinajstić information content (AvgIpc) is 2.77. The zero-order valence-corrected chi connectivity index (χ0v) is 21.7. The molecule has 3 amide bonds. The molecule has 0 aliphatic heterocycles. The Kier molecular flexibility index (Phi) is 12.4. The van der Waals surface area contributed by atoms with Gasteiger partial charge < -0.3 is 22.1 Å². The molecule has 16 heteroatoms. The quantitative estimate of drug-likeness (QED) is 0.0527. The third-order valence-corrected chi connectivity index (χ3v) is 5.46. The van der Waals surface area contributed by atoms with Crippen LogP contribution in [0, 0.1) is 16.0 Å². The summed E-state index contributed by atoms with van der Waals surface area (Å²) in [5, 5.41) is 18.3. The van der Waals surface area contributed by atoms with Crippen LogP contribution in [0.4, 0.5) is 11.4 Å². The van der Waals surface area contributed by atoms with Crippen molar-refractivity contribution in [1.29, 1.82) is 0 Å². The van der Waals surface area contributed by atoms with E-state index in [0.717, 1.165) is 6.26 Å². The van der Waals surface area contributed by atoms with E-state index in [2.05, 4.69) is 25.7 Å². The van der Waals surface area contributed by atoms with Gasteiger partial charge in [0.1, 0.15) is 12.1 Å². The Bertz CT molecular complexity index is 1090. The third-order valence-electron chi connectivity index (χ3n) is 4.75. The summed E-state index contributed by atoms with van der Waals surface area (Å²) in [6.45, 7) is 3.27. The number of guanidine groups is 1. The second kappa shape index (κ2) is 14.7. The van der Waals surface area contributed by atoms with Gasteiger partial charge in [0.15, 0.2) is 5.96 Å². The number of carbonyl (C=O) groups excluding carboxylic acids is 3. The number of hydrogen-bond acceptors (Lipinski definition) is 9. The number of benzene rings is 1. The Labute approximate surface area is 215 Å². The minimum atomic E-state index is -3.67. The minimum Gasteiger partial charge on any atom is -0.374 e. The second-order valence-corrected chi connectivity index (χ2v) is 10.4. The summed E-state index contributed by atoms with van der Waals surface area (Å²) in [5.74, 6) is -2.36. The molecule has 1 rings (SSSR count). The molecule has 0 saturated carbocycles. The molecule has 2 atom stereocenters. The first kappa shape index (κ1) is 31.2. The lowest BCUT2D eigenvalue weighted by Gasteiger charge is -2.20.